The molecule has 2 aliphatic rings. The van der Waals surface area contributed by atoms with Crippen LogP contribution in [0.15, 0.2) is 0 Å². The van der Waals surface area contributed by atoms with Crippen LogP contribution in [-0.2, 0) is 34.8 Å². The second-order valence-electron chi connectivity index (χ2n) is 7.63. The Bertz CT molecular complexity index is 417. The zero-order valence-corrected chi connectivity index (χ0v) is 23.6. The molecule has 2 aliphatic heterocycles. The molecule has 0 bridgehead atoms. The van der Waals surface area contributed by atoms with E-state index in [0.717, 1.165) is 44.9 Å². The molecular weight excluding hydrogens is 461 g/mol. The SMILES string of the molecule is C[Si]1O[Si](C)OC(C)(CCCOCCCOCCC[Si]2(C)O[Si](C)O[Si](C)O2)O1. The van der Waals surface area contributed by atoms with Crippen molar-refractivity contribution in [1.29, 1.82) is 0 Å². The smallest absolute Gasteiger partial charge is 0.373 e. The second kappa shape index (κ2) is 12.7. The van der Waals surface area contributed by atoms with E-state index in [1.54, 1.807) is 0 Å². The fourth-order valence-electron chi connectivity index (χ4n) is 3.41. The van der Waals surface area contributed by atoms with Gasteiger partial charge in [-0.2, -0.15) is 0 Å². The molecular formula is C16H36O8Si5. The summed E-state index contributed by atoms with van der Waals surface area (Å²) < 4.78 is 46.5. The molecule has 0 saturated carbocycles. The van der Waals surface area contributed by atoms with Gasteiger partial charge in [0.15, 0.2) is 0 Å². The van der Waals surface area contributed by atoms with Crippen LogP contribution >= 0.6 is 0 Å². The summed E-state index contributed by atoms with van der Waals surface area (Å²) in [4.78, 5) is 0. The lowest BCUT2D eigenvalue weighted by molar-refractivity contribution is -0.147. The third-order valence-electron chi connectivity index (χ3n) is 4.43. The molecule has 0 amide bonds. The summed E-state index contributed by atoms with van der Waals surface area (Å²) in [7, 11) is -6.65. The van der Waals surface area contributed by atoms with E-state index in [1.807, 2.05) is 20.0 Å². The number of hydrogen-bond acceptors (Lipinski definition) is 8. The van der Waals surface area contributed by atoms with E-state index < -0.39 is 51.5 Å². The van der Waals surface area contributed by atoms with E-state index in [2.05, 4.69) is 19.6 Å². The second-order valence-corrected chi connectivity index (χ2v) is 18.0. The summed E-state index contributed by atoms with van der Waals surface area (Å²) in [5.74, 6) is -0.506. The molecule has 2 saturated heterocycles. The molecule has 168 valence electrons. The first-order chi connectivity index (χ1) is 13.7. The minimum Gasteiger partial charge on any atom is -0.415 e. The van der Waals surface area contributed by atoms with Crippen molar-refractivity contribution in [1.82, 2.24) is 0 Å². The monoisotopic (exact) mass is 496 g/mol. The maximum absolute atomic E-state index is 6.01. The zero-order valence-electron chi connectivity index (χ0n) is 18.6. The van der Waals surface area contributed by atoms with E-state index >= 15 is 0 Å². The van der Waals surface area contributed by atoms with Gasteiger partial charge >= 0.3 is 45.7 Å². The molecule has 0 aliphatic carbocycles. The maximum Gasteiger partial charge on any atom is 0.373 e. The Morgan fingerprint density at radius 2 is 1.21 bits per heavy atom. The van der Waals surface area contributed by atoms with Crippen LogP contribution in [0.3, 0.4) is 0 Å². The fourth-order valence-corrected chi connectivity index (χ4v) is 16.7. The van der Waals surface area contributed by atoms with Crippen LogP contribution in [-0.4, -0.2) is 77.9 Å². The van der Waals surface area contributed by atoms with Crippen LogP contribution in [0.25, 0.3) is 0 Å². The first-order valence-corrected chi connectivity index (χ1v) is 20.1. The Morgan fingerprint density at radius 3 is 1.79 bits per heavy atom. The molecule has 0 unspecified atom stereocenters. The van der Waals surface area contributed by atoms with Crippen LogP contribution in [0.1, 0.15) is 32.6 Å². The van der Waals surface area contributed by atoms with Gasteiger partial charge in [-0.05, 0) is 65.0 Å². The molecule has 29 heavy (non-hydrogen) atoms. The average molecular weight is 497 g/mol. The van der Waals surface area contributed by atoms with Crippen molar-refractivity contribution in [3.8, 4) is 0 Å². The lowest BCUT2D eigenvalue weighted by atomic mass is 10.2. The Balaban J connectivity index is 1.42. The van der Waals surface area contributed by atoms with E-state index in [1.165, 1.54) is 0 Å². The van der Waals surface area contributed by atoms with Crippen LogP contribution < -0.4 is 0 Å². The lowest BCUT2D eigenvalue weighted by Gasteiger charge is -2.39. The lowest BCUT2D eigenvalue weighted by Crippen LogP contribution is -2.54. The Hall–Kier alpha value is 0.764. The van der Waals surface area contributed by atoms with Crippen molar-refractivity contribution in [3.63, 3.8) is 0 Å². The number of rotatable bonds is 12. The van der Waals surface area contributed by atoms with Gasteiger partial charge in [-0.1, -0.05) is 0 Å². The molecule has 0 aromatic carbocycles. The highest BCUT2D eigenvalue weighted by Gasteiger charge is 2.42. The van der Waals surface area contributed by atoms with Crippen LogP contribution in [0.2, 0.25) is 38.8 Å². The molecule has 13 heteroatoms. The Morgan fingerprint density at radius 1 is 0.724 bits per heavy atom. The predicted octanol–water partition coefficient (Wildman–Crippen LogP) is 2.97. The topological polar surface area (TPSA) is 73.8 Å². The summed E-state index contributed by atoms with van der Waals surface area (Å²) in [6.45, 7) is 15.2. The Labute approximate surface area is 184 Å². The van der Waals surface area contributed by atoms with Crippen molar-refractivity contribution in [3.05, 3.63) is 0 Å². The first-order valence-electron chi connectivity index (χ1n) is 10.3. The molecule has 2 fully saturated rings. The summed E-state index contributed by atoms with van der Waals surface area (Å²) in [5, 5.41) is 0. The van der Waals surface area contributed by atoms with E-state index in [4.69, 9.17) is 34.8 Å². The standard InChI is InChI=1S/C16H36O8Si5/c1-16(19-25(2)21-26(3)20-16)10-7-11-17-12-8-13-18-14-9-15-29(6)23-27(4)22-28(5)24-29/h7-15H2,1-6H3. The third-order valence-corrected chi connectivity index (χ3v) is 17.5. The molecule has 4 radical (unpaired) electrons. The molecule has 0 spiro atoms. The highest BCUT2D eigenvalue weighted by atomic mass is 28.5. The van der Waals surface area contributed by atoms with Gasteiger partial charge in [-0.15, -0.1) is 0 Å². The first kappa shape index (κ1) is 26.0. The highest BCUT2D eigenvalue weighted by molar-refractivity contribution is 6.82. The van der Waals surface area contributed by atoms with Gasteiger partial charge in [-0.3, -0.25) is 0 Å². The molecule has 0 N–H and O–H groups in total. The van der Waals surface area contributed by atoms with Crippen molar-refractivity contribution < 1.29 is 34.8 Å². The van der Waals surface area contributed by atoms with Gasteiger partial charge in [0.1, 0.15) is 5.79 Å². The van der Waals surface area contributed by atoms with E-state index in [-0.39, 0.29) is 0 Å². The quantitative estimate of drug-likeness (QED) is 0.302. The fraction of sp³-hybridized carbons (Fsp3) is 1.00. The molecule has 0 aromatic rings. The minimum atomic E-state index is -2.05. The van der Waals surface area contributed by atoms with Gasteiger partial charge in [0, 0.05) is 32.8 Å². The van der Waals surface area contributed by atoms with Crippen LogP contribution in [0, 0.1) is 0 Å². The van der Waals surface area contributed by atoms with Crippen molar-refractivity contribution in [2.24, 2.45) is 0 Å². The van der Waals surface area contributed by atoms with Crippen molar-refractivity contribution >= 4 is 45.7 Å². The number of hydrogen-bond donors (Lipinski definition) is 0. The van der Waals surface area contributed by atoms with Crippen molar-refractivity contribution in [2.75, 3.05) is 26.4 Å². The summed E-state index contributed by atoms with van der Waals surface area (Å²) in [6.07, 6.45) is 3.62. The van der Waals surface area contributed by atoms with Gasteiger partial charge < -0.3 is 34.8 Å². The summed E-state index contributed by atoms with van der Waals surface area (Å²) in [5.41, 5.74) is 0. The maximum atomic E-state index is 6.01. The normalized spacial score (nSPS) is 24.2. The zero-order chi connectivity index (χ0) is 21.3. The highest BCUT2D eigenvalue weighted by Crippen LogP contribution is 2.26. The van der Waals surface area contributed by atoms with Gasteiger partial charge in [0.25, 0.3) is 0 Å². The van der Waals surface area contributed by atoms with Crippen LogP contribution in [0.4, 0.5) is 0 Å². The average Bonchev–Trinajstić information content (AvgIpc) is 2.57. The van der Waals surface area contributed by atoms with Crippen molar-refractivity contribution in [2.45, 2.75) is 77.2 Å². The predicted molar refractivity (Wildman–Crippen MR) is 118 cm³/mol. The molecule has 2 heterocycles. The third kappa shape index (κ3) is 10.3. The minimum absolute atomic E-state index is 0.506. The van der Waals surface area contributed by atoms with Gasteiger partial charge in [0.05, 0.1) is 0 Å². The molecule has 0 aromatic heterocycles. The largest absolute Gasteiger partial charge is 0.415 e. The molecule has 8 nitrogen and oxygen atoms in total. The van der Waals surface area contributed by atoms with E-state index in [0.29, 0.717) is 13.2 Å². The Kier molecular flexibility index (Phi) is 11.4. The van der Waals surface area contributed by atoms with Gasteiger partial charge in [-0.25, -0.2) is 0 Å². The van der Waals surface area contributed by atoms with E-state index in [9.17, 15) is 0 Å². The van der Waals surface area contributed by atoms with Crippen LogP contribution in [0.5, 0.6) is 0 Å². The summed E-state index contributed by atoms with van der Waals surface area (Å²) in [6, 6.07) is 0.965. The molecule has 2 rings (SSSR count). The number of ether oxygens (including phenoxy) is 2. The van der Waals surface area contributed by atoms with Gasteiger partial charge in [0.2, 0.25) is 0 Å². The summed E-state index contributed by atoms with van der Waals surface area (Å²) >= 11 is 0. The molecule has 0 atom stereocenters.